The van der Waals surface area contributed by atoms with E-state index in [-0.39, 0.29) is 6.61 Å². The van der Waals surface area contributed by atoms with Gasteiger partial charge in [0.15, 0.2) is 0 Å². The summed E-state index contributed by atoms with van der Waals surface area (Å²) < 4.78 is 31.7. The molecule has 1 saturated heterocycles. The summed E-state index contributed by atoms with van der Waals surface area (Å²) in [6.45, 7) is 1.71. The van der Waals surface area contributed by atoms with Gasteiger partial charge in [0.2, 0.25) is 11.8 Å². The van der Waals surface area contributed by atoms with Gasteiger partial charge in [0.05, 0.1) is 20.8 Å². The molecule has 1 fully saturated rings. The number of rotatable bonds is 11. The number of ether oxygens (including phenoxy) is 4. The van der Waals surface area contributed by atoms with E-state index in [0.29, 0.717) is 23.5 Å². The van der Waals surface area contributed by atoms with Crippen LogP contribution in [0.1, 0.15) is 34.9 Å². The summed E-state index contributed by atoms with van der Waals surface area (Å²) in [6.07, 6.45) is -1.46. The molecule has 1 aliphatic rings. The molecular weight excluding hydrogens is 607 g/mol. The normalized spacial score (nSPS) is 18.8. The Morgan fingerprint density at radius 1 is 0.953 bits per heavy atom. The van der Waals surface area contributed by atoms with Crippen LogP contribution < -0.4 is 20.7 Å². The van der Waals surface area contributed by atoms with Crippen LogP contribution in [0.3, 0.4) is 0 Å². The van der Waals surface area contributed by atoms with Crippen molar-refractivity contribution in [3.63, 3.8) is 0 Å². The van der Waals surface area contributed by atoms with Crippen LogP contribution in [0.15, 0.2) is 94.6 Å². The number of aryl methyl sites for hydroxylation is 1. The van der Waals surface area contributed by atoms with Gasteiger partial charge in [-0.2, -0.15) is 4.52 Å². The fourth-order valence-corrected chi connectivity index (χ4v) is 6.48. The maximum absolute atomic E-state index is 12.7. The minimum Gasteiger partial charge on any atom is -0.497 e. The number of nitrogens with zero attached hydrogens (tertiary/aromatic N) is 1. The van der Waals surface area contributed by atoms with Crippen molar-refractivity contribution in [2.45, 2.75) is 37.4 Å². The number of benzene rings is 3. The van der Waals surface area contributed by atoms with E-state index in [2.05, 4.69) is 17.2 Å². The Morgan fingerprint density at radius 3 is 2.05 bits per heavy atom. The Hall–Kier alpha value is -3.31. The van der Waals surface area contributed by atoms with Gasteiger partial charge < -0.3 is 18.9 Å². The Bertz CT molecular complexity index is 1630. The maximum Gasteiger partial charge on any atom is 0.411 e. The molecule has 2 heterocycles. The van der Waals surface area contributed by atoms with Crippen molar-refractivity contribution >= 4 is 30.2 Å². The minimum atomic E-state index is -1.46. The number of nitrogens with one attached hydrogen (secondary N) is 1. The second-order valence-corrected chi connectivity index (χ2v) is 13.6. The van der Waals surface area contributed by atoms with Crippen molar-refractivity contribution in [3.8, 4) is 11.5 Å². The summed E-state index contributed by atoms with van der Waals surface area (Å²) in [5.41, 5.74) is 0.932. The van der Waals surface area contributed by atoms with Gasteiger partial charge in [-0.05, 0) is 47.9 Å². The molecule has 0 aliphatic carbocycles. The lowest BCUT2D eigenvalue weighted by atomic mass is 9.80. The van der Waals surface area contributed by atoms with Gasteiger partial charge in [0, 0.05) is 18.2 Å². The molecule has 0 spiro atoms. The molecule has 0 bridgehead atoms. The Kier molecular flexibility index (Phi) is 9.81. The van der Waals surface area contributed by atoms with Crippen molar-refractivity contribution in [1.82, 2.24) is 9.55 Å². The Morgan fingerprint density at radius 2 is 1.51 bits per heavy atom. The highest BCUT2D eigenvalue weighted by atomic mass is 32.9. The van der Waals surface area contributed by atoms with Crippen LogP contribution in [0.4, 0.5) is 0 Å². The van der Waals surface area contributed by atoms with Crippen LogP contribution in [-0.4, -0.2) is 42.6 Å². The van der Waals surface area contributed by atoms with Gasteiger partial charge in [-0.25, -0.2) is 4.79 Å². The lowest BCUT2D eigenvalue weighted by molar-refractivity contribution is -0.0904. The molecule has 0 amide bonds. The summed E-state index contributed by atoms with van der Waals surface area (Å²) in [6, 6.07) is 25.4. The van der Waals surface area contributed by atoms with Gasteiger partial charge >= 0.3 is 11.8 Å². The van der Waals surface area contributed by atoms with Crippen molar-refractivity contribution in [2.24, 2.45) is 0 Å². The molecule has 9 nitrogen and oxygen atoms in total. The molecule has 1 aliphatic heterocycles. The number of methoxy groups -OCH3 is 2. The lowest BCUT2D eigenvalue weighted by Gasteiger charge is -2.37. The summed E-state index contributed by atoms with van der Waals surface area (Å²) >= 11 is 9.63. The minimum absolute atomic E-state index is 0.0808. The fourth-order valence-electron chi connectivity index (χ4n) is 5.33. The third-order valence-electron chi connectivity index (χ3n) is 7.50. The molecule has 43 heavy (non-hydrogen) atoms. The molecule has 5 rings (SSSR count). The van der Waals surface area contributed by atoms with E-state index in [4.69, 9.17) is 35.3 Å². The van der Waals surface area contributed by atoms with Crippen LogP contribution in [0.5, 0.6) is 11.5 Å². The monoisotopic (exact) mass is 639 g/mol. The first-order chi connectivity index (χ1) is 20.7. The second kappa shape index (κ2) is 13.5. The van der Waals surface area contributed by atoms with Crippen LogP contribution in [-0.2, 0) is 31.4 Å². The second-order valence-electron chi connectivity index (χ2n) is 10.0. The number of thiol groups is 1. The van der Waals surface area contributed by atoms with Crippen LogP contribution in [0.2, 0.25) is 0 Å². The van der Waals surface area contributed by atoms with Gasteiger partial charge in [-0.1, -0.05) is 54.6 Å². The third kappa shape index (κ3) is 6.62. The molecule has 224 valence electrons. The topological polar surface area (TPSA) is 101 Å². The molecule has 4 atom stereocenters. The van der Waals surface area contributed by atoms with Crippen LogP contribution in [0.25, 0.3) is 0 Å². The van der Waals surface area contributed by atoms with E-state index < -0.39 is 41.4 Å². The highest BCUT2D eigenvalue weighted by molar-refractivity contribution is 8.54. The summed E-state index contributed by atoms with van der Waals surface area (Å²) in [5.74, 6) is 1.43. The highest BCUT2D eigenvalue weighted by Crippen LogP contribution is 2.44. The lowest BCUT2D eigenvalue weighted by Crippen LogP contribution is -2.38. The Labute approximate surface area is 260 Å². The standard InChI is InChI=1S/C31H31N2O7PS2/c1-20-18-33(30(35)32-29(20)34)28-17-26(40-41(42)43)27(39-28)19-38-31(21-7-5-4-6-8-21,22-9-13-24(36-2)14-10-22)23-11-15-25(37-3)16-12-23/h4-16,18,26-28H,17,19H2,1-3H3,(H-,32,34,35,42,43)/p+1/t26-,27+,28+/m0/s1. The van der Waals surface area contributed by atoms with Crippen LogP contribution in [0, 0.1) is 6.92 Å². The first kappa shape index (κ1) is 31.1. The zero-order chi connectivity index (χ0) is 30.6. The molecule has 12 heteroatoms. The molecule has 4 aromatic rings. The number of H-pyrrole nitrogens is 1. The molecule has 1 unspecified atom stereocenters. The zero-order valence-corrected chi connectivity index (χ0v) is 26.4. The van der Waals surface area contributed by atoms with E-state index in [1.165, 1.54) is 10.8 Å². The first-order valence-electron chi connectivity index (χ1n) is 13.5. The van der Waals surface area contributed by atoms with E-state index >= 15 is 0 Å². The predicted molar refractivity (Wildman–Crippen MR) is 171 cm³/mol. The van der Waals surface area contributed by atoms with E-state index in [1.807, 2.05) is 78.9 Å². The summed E-state index contributed by atoms with van der Waals surface area (Å²) in [4.78, 5) is 27.0. The van der Waals surface area contributed by atoms with E-state index in [0.717, 1.165) is 16.7 Å². The quantitative estimate of drug-likeness (QED) is 0.131. The molecule has 0 radical (unpaired) electrons. The third-order valence-corrected chi connectivity index (χ3v) is 8.49. The zero-order valence-electron chi connectivity index (χ0n) is 23.8. The predicted octanol–water partition coefficient (Wildman–Crippen LogP) is 5.25. The van der Waals surface area contributed by atoms with E-state index in [9.17, 15) is 9.59 Å². The van der Waals surface area contributed by atoms with Crippen molar-refractivity contribution in [1.29, 1.82) is 0 Å². The summed E-state index contributed by atoms with van der Waals surface area (Å²) in [5, 5.41) is 0. The molecule has 1 N–H and O–H groups in total. The highest BCUT2D eigenvalue weighted by Gasteiger charge is 2.45. The van der Waals surface area contributed by atoms with E-state index in [1.54, 1.807) is 21.1 Å². The Balaban J connectivity index is 1.58. The van der Waals surface area contributed by atoms with Crippen molar-refractivity contribution in [2.75, 3.05) is 20.8 Å². The summed E-state index contributed by atoms with van der Waals surface area (Å²) in [7, 11) is 3.25. The SMILES string of the molecule is COc1ccc(C(OC[C@H]2O[C@@H](n3cc(C)c(=O)[nH]c3=O)C[C@@H]2O[P+](=S)S)(c2ccccc2)c2ccc(OC)cc2)cc1. The van der Waals surface area contributed by atoms with Crippen LogP contribution >= 0.6 is 18.4 Å². The fraction of sp³-hybridized carbons (Fsp3) is 0.290. The van der Waals surface area contributed by atoms with Crippen molar-refractivity contribution in [3.05, 3.63) is 128 Å². The molecule has 0 saturated carbocycles. The maximum atomic E-state index is 12.7. The average Bonchev–Trinajstić information content (AvgIpc) is 3.41. The van der Waals surface area contributed by atoms with Gasteiger partial charge in [0.1, 0.15) is 47.8 Å². The van der Waals surface area contributed by atoms with Gasteiger partial charge in [0.25, 0.3) is 5.56 Å². The first-order valence-corrected chi connectivity index (χ1v) is 17.0. The largest absolute Gasteiger partial charge is 0.497 e. The molecule has 3 aromatic carbocycles. The molecular formula is C31H32N2O7PS2+. The number of hydrogen-bond donors (Lipinski definition) is 2. The van der Waals surface area contributed by atoms with Gasteiger partial charge in [-0.3, -0.25) is 14.3 Å². The average molecular weight is 640 g/mol. The van der Waals surface area contributed by atoms with Gasteiger partial charge in [-0.15, -0.1) is 0 Å². The van der Waals surface area contributed by atoms with Crippen molar-refractivity contribution < 1.29 is 23.5 Å². The number of hydrogen-bond acceptors (Lipinski definition) is 8. The number of aromatic amines is 1. The smallest absolute Gasteiger partial charge is 0.411 e. The molecule has 1 aromatic heterocycles. The number of aromatic nitrogens is 2.